The number of hydrogen-bond acceptors (Lipinski definition) is 2. The lowest BCUT2D eigenvalue weighted by atomic mass is 10.0. The van der Waals surface area contributed by atoms with E-state index < -0.39 is 0 Å². The molecule has 1 saturated carbocycles. The Morgan fingerprint density at radius 1 is 1.64 bits per heavy atom. The average molecular weight is 152 g/mol. The van der Waals surface area contributed by atoms with E-state index in [9.17, 15) is 4.79 Å². The van der Waals surface area contributed by atoms with Gasteiger partial charge in [-0.05, 0) is 18.9 Å². The first kappa shape index (κ1) is 6.89. The average Bonchev–Trinajstić information content (AvgIpc) is 2.54. The number of carbonyl (C=O) groups excluding carboxylic acids is 1. The summed E-state index contributed by atoms with van der Waals surface area (Å²) in [5, 5.41) is 0. The van der Waals surface area contributed by atoms with E-state index >= 15 is 0 Å². The Labute approximate surface area is 66.2 Å². The lowest BCUT2D eigenvalue weighted by Crippen LogP contribution is -2.14. The SMILES string of the molecule is CC1(C(=O)C2=CCCO2)CC1. The molecule has 2 rings (SSSR count). The van der Waals surface area contributed by atoms with Gasteiger partial charge in [0.05, 0.1) is 6.61 Å². The van der Waals surface area contributed by atoms with Crippen molar-refractivity contribution >= 4 is 5.78 Å². The molecule has 0 aromatic carbocycles. The second-order valence-corrected chi connectivity index (χ2v) is 3.60. The molecule has 0 bridgehead atoms. The maximum absolute atomic E-state index is 11.5. The van der Waals surface area contributed by atoms with Crippen LogP contribution < -0.4 is 0 Å². The summed E-state index contributed by atoms with van der Waals surface area (Å²) in [4.78, 5) is 11.5. The smallest absolute Gasteiger partial charge is 0.202 e. The minimum Gasteiger partial charge on any atom is -0.490 e. The van der Waals surface area contributed by atoms with Crippen molar-refractivity contribution in [3.8, 4) is 0 Å². The van der Waals surface area contributed by atoms with E-state index in [1.807, 2.05) is 13.0 Å². The first-order valence-electron chi connectivity index (χ1n) is 4.10. The lowest BCUT2D eigenvalue weighted by molar-refractivity contribution is -0.122. The van der Waals surface area contributed by atoms with Crippen LogP contribution in [0.15, 0.2) is 11.8 Å². The molecule has 0 spiro atoms. The quantitative estimate of drug-likeness (QED) is 0.601. The van der Waals surface area contributed by atoms with Crippen LogP contribution in [-0.4, -0.2) is 12.4 Å². The van der Waals surface area contributed by atoms with Gasteiger partial charge < -0.3 is 4.74 Å². The number of ether oxygens (including phenoxy) is 1. The summed E-state index contributed by atoms with van der Waals surface area (Å²) in [6.45, 7) is 2.70. The Balaban J connectivity index is 2.10. The summed E-state index contributed by atoms with van der Waals surface area (Å²) in [5.74, 6) is 0.833. The van der Waals surface area contributed by atoms with Crippen molar-refractivity contribution in [1.29, 1.82) is 0 Å². The first-order chi connectivity index (χ1) is 5.22. The van der Waals surface area contributed by atoms with E-state index in [-0.39, 0.29) is 11.2 Å². The summed E-state index contributed by atoms with van der Waals surface area (Å²) < 4.78 is 5.19. The minimum absolute atomic E-state index is 0.0594. The number of allylic oxidation sites excluding steroid dienone is 1. The molecule has 0 radical (unpaired) electrons. The van der Waals surface area contributed by atoms with E-state index in [1.165, 1.54) is 0 Å². The van der Waals surface area contributed by atoms with Crippen molar-refractivity contribution in [2.75, 3.05) is 6.61 Å². The molecular formula is C9H12O2. The van der Waals surface area contributed by atoms with Gasteiger partial charge in [0.2, 0.25) is 5.78 Å². The number of carbonyl (C=O) groups is 1. The first-order valence-corrected chi connectivity index (χ1v) is 4.10. The van der Waals surface area contributed by atoms with Crippen LogP contribution in [0.5, 0.6) is 0 Å². The van der Waals surface area contributed by atoms with Gasteiger partial charge in [-0.15, -0.1) is 0 Å². The summed E-state index contributed by atoms with van der Waals surface area (Å²) in [6.07, 6.45) is 4.88. The zero-order valence-corrected chi connectivity index (χ0v) is 6.72. The van der Waals surface area contributed by atoms with Gasteiger partial charge in [-0.2, -0.15) is 0 Å². The predicted molar refractivity (Wildman–Crippen MR) is 41.0 cm³/mol. The van der Waals surface area contributed by atoms with Crippen LogP contribution in [0.1, 0.15) is 26.2 Å². The summed E-state index contributed by atoms with van der Waals surface area (Å²) >= 11 is 0. The Morgan fingerprint density at radius 3 is 2.82 bits per heavy atom. The molecule has 60 valence electrons. The van der Waals surface area contributed by atoms with Gasteiger partial charge in [-0.1, -0.05) is 6.92 Å². The van der Waals surface area contributed by atoms with E-state index in [1.54, 1.807) is 0 Å². The Morgan fingerprint density at radius 2 is 2.36 bits per heavy atom. The standard InChI is InChI=1S/C9H12O2/c1-9(4-5-9)8(10)7-3-2-6-11-7/h3H,2,4-6H2,1H3. The molecule has 0 aromatic heterocycles. The summed E-state index contributed by atoms with van der Waals surface area (Å²) in [6, 6.07) is 0. The third-order valence-corrected chi connectivity index (χ3v) is 2.48. The van der Waals surface area contributed by atoms with Crippen molar-refractivity contribution in [1.82, 2.24) is 0 Å². The second kappa shape index (κ2) is 2.10. The molecule has 11 heavy (non-hydrogen) atoms. The molecule has 1 heterocycles. The van der Waals surface area contributed by atoms with Gasteiger partial charge in [-0.3, -0.25) is 4.79 Å². The van der Waals surface area contributed by atoms with Crippen LogP contribution in [-0.2, 0) is 9.53 Å². The molecule has 2 nitrogen and oxygen atoms in total. The molecular weight excluding hydrogens is 140 g/mol. The van der Waals surface area contributed by atoms with Crippen molar-refractivity contribution in [3.63, 3.8) is 0 Å². The molecule has 0 N–H and O–H groups in total. The maximum atomic E-state index is 11.5. The number of Topliss-reactive ketones (excluding diaryl/α,β-unsaturated/α-hetero) is 1. The Kier molecular flexibility index (Phi) is 1.31. The Hall–Kier alpha value is -0.790. The fourth-order valence-corrected chi connectivity index (χ4v) is 1.29. The summed E-state index contributed by atoms with van der Waals surface area (Å²) in [5.41, 5.74) is -0.0594. The monoisotopic (exact) mass is 152 g/mol. The highest BCUT2D eigenvalue weighted by Gasteiger charge is 2.46. The highest BCUT2D eigenvalue weighted by molar-refractivity contribution is 5.99. The predicted octanol–water partition coefficient (Wildman–Crippen LogP) is 1.66. The molecule has 0 unspecified atom stereocenters. The van der Waals surface area contributed by atoms with Crippen LogP contribution in [0.2, 0.25) is 0 Å². The van der Waals surface area contributed by atoms with Crippen LogP contribution in [0, 0.1) is 5.41 Å². The van der Waals surface area contributed by atoms with Crippen molar-refractivity contribution < 1.29 is 9.53 Å². The fraction of sp³-hybridized carbons (Fsp3) is 0.667. The van der Waals surface area contributed by atoms with Gasteiger partial charge >= 0.3 is 0 Å². The summed E-state index contributed by atoms with van der Waals surface area (Å²) in [7, 11) is 0. The zero-order valence-electron chi connectivity index (χ0n) is 6.72. The number of ketones is 1. The van der Waals surface area contributed by atoms with Crippen molar-refractivity contribution in [2.24, 2.45) is 5.41 Å². The molecule has 0 aromatic rings. The fourth-order valence-electron chi connectivity index (χ4n) is 1.29. The molecule has 1 aliphatic carbocycles. The number of rotatable bonds is 2. The van der Waals surface area contributed by atoms with Crippen molar-refractivity contribution in [2.45, 2.75) is 26.2 Å². The van der Waals surface area contributed by atoms with E-state index in [2.05, 4.69) is 0 Å². The normalized spacial score (nSPS) is 25.7. The lowest BCUT2D eigenvalue weighted by Gasteiger charge is -2.07. The van der Waals surface area contributed by atoms with Gasteiger partial charge in [0.1, 0.15) is 0 Å². The molecule has 0 saturated heterocycles. The van der Waals surface area contributed by atoms with E-state index in [4.69, 9.17) is 4.74 Å². The van der Waals surface area contributed by atoms with Gasteiger partial charge in [0.15, 0.2) is 5.76 Å². The van der Waals surface area contributed by atoms with Crippen LogP contribution in [0.4, 0.5) is 0 Å². The van der Waals surface area contributed by atoms with Crippen LogP contribution in [0.25, 0.3) is 0 Å². The van der Waals surface area contributed by atoms with Gasteiger partial charge in [0, 0.05) is 11.8 Å². The van der Waals surface area contributed by atoms with Crippen LogP contribution >= 0.6 is 0 Å². The molecule has 1 fully saturated rings. The highest BCUT2D eigenvalue weighted by atomic mass is 16.5. The zero-order chi connectivity index (χ0) is 7.90. The topological polar surface area (TPSA) is 26.3 Å². The Bertz CT molecular complexity index is 224. The molecule has 1 aliphatic heterocycles. The third kappa shape index (κ3) is 1.06. The van der Waals surface area contributed by atoms with Gasteiger partial charge in [0.25, 0.3) is 0 Å². The second-order valence-electron chi connectivity index (χ2n) is 3.60. The molecule has 0 amide bonds. The maximum Gasteiger partial charge on any atom is 0.202 e. The highest BCUT2D eigenvalue weighted by Crippen LogP contribution is 2.47. The van der Waals surface area contributed by atoms with Crippen LogP contribution in [0.3, 0.4) is 0 Å². The third-order valence-electron chi connectivity index (χ3n) is 2.48. The molecule has 0 atom stereocenters. The number of hydrogen-bond donors (Lipinski definition) is 0. The molecule has 2 aliphatic rings. The van der Waals surface area contributed by atoms with E-state index in [0.717, 1.165) is 19.3 Å². The van der Waals surface area contributed by atoms with E-state index in [0.29, 0.717) is 12.4 Å². The minimum atomic E-state index is -0.0594. The van der Waals surface area contributed by atoms with Gasteiger partial charge in [-0.25, -0.2) is 0 Å². The largest absolute Gasteiger partial charge is 0.490 e. The van der Waals surface area contributed by atoms with Crippen molar-refractivity contribution in [3.05, 3.63) is 11.8 Å². The molecule has 2 heteroatoms.